The maximum atomic E-state index is 12.2. The molecular weight excluding hydrogens is 338 g/mol. The summed E-state index contributed by atoms with van der Waals surface area (Å²) in [5, 5.41) is 9.15. The molecule has 104 valence electrons. The third-order valence-electron chi connectivity index (χ3n) is 3.23. The largest absolute Gasteiger partial charge is 0.303 e. The van der Waals surface area contributed by atoms with E-state index < -0.39 is 0 Å². The molecule has 0 N–H and O–H groups in total. The smallest absolute Gasteiger partial charge is 0.191 e. The monoisotopic (exact) mass is 351 g/mol. The summed E-state index contributed by atoms with van der Waals surface area (Å²) in [6, 6.07) is 8.01. The summed E-state index contributed by atoms with van der Waals surface area (Å²) in [7, 11) is 0. The van der Waals surface area contributed by atoms with Crippen molar-refractivity contribution in [3.63, 3.8) is 0 Å². The number of hydrogen-bond donors (Lipinski definition) is 0. The molecule has 1 fully saturated rings. The summed E-state index contributed by atoms with van der Waals surface area (Å²) in [6.45, 7) is 1.96. The van der Waals surface area contributed by atoms with Crippen LogP contribution in [0.25, 0.3) is 0 Å². The summed E-state index contributed by atoms with van der Waals surface area (Å²) in [5.41, 5.74) is 0.723. The molecule has 0 radical (unpaired) electrons. The van der Waals surface area contributed by atoms with Gasteiger partial charge in [0.05, 0.1) is 5.75 Å². The van der Waals surface area contributed by atoms with Crippen molar-refractivity contribution >= 4 is 33.5 Å². The van der Waals surface area contributed by atoms with Gasteiger partial charge >= 0.3 is 0 Å². The predicted molar refractivity (Wildman–Crippen MR) is 82.2 cm³/mol. The van der Waals surface area contributed by atoms with Gasteiger partial charge in [-0.1, -0.05) is 39.8 Å². The minimum atomic E-state index is 0.110. The fraction of sp³-hybridized carbons (Fsp3) is 0.357. The van der Waals surface area contributed by atoms with E-state index in [2.05, 4.69) is 30.7 Å². The second kappa shape index (κ2) is 5.69. The van der Waals surface area contributed by atoms with Crippen LogP contribution >= 0.6 is 27.7 Å². The highest BCUT2D eigenvalue weighted by atomic mass is 79.9. The first-order valence-corrected chi connectivity index (χ1v) is 8.26. The van der Waals surface area contributed by atoms with Crippen LogP contribution in [0.4, 0.5) is 0 Å². The highest BCUT2D eigenvalue weighted by Crippen LogP contribution is 2.38. The summed E-state index contributed by atoms with van der Waals surface area (Å²) in [4.78, 5) is 12.2. The topological polar surface area (TPSA) is 47.8 Å². The lowest BCUT2D eigenvalue weighted by atomic mass is 10.2. The third kappa shape index (κ3) is 2.96. The summed E-state index contributed by atoms with van der Waals surface area (Å²) < 4.78 is 3.07. The van der Waals surface area contributed by atoms with Crippen molar-refractivity contribution in [3.05, 3.63) is 40.1 Å². The van der Waals surface area contributed by atoms with Gasteiger partial charge in [-0.2, -0.15) is 0 Å². The molecule has 0 bridgehead atoms. The molecule has 6 heteroatoms. The van der Waals surface area contributed by atoms with E-state index in [1.54, 1.807) is 0 Å². The average Bonchev–Trinajstić information content (AvgIpc) is 3.20. The van der Waals surface area contributed by atoms with E-state index in [1.807, 2.05) is 31.2 Å². The summed E-state index contributed by atoms with van der Waals surface area (Å²) in [6.07, 6.45) is 2.37. The second-order valence-electron chi connectivity index (χ2n) is 4.85. The summed E-state index contributed by atoms with van der Waals surface area (Å²) in [5.74, 6) is 1.44. The van der Waals surface area contributed by atoms with Gasteiger partial charge in [0.25, 0.3) is 0 Å². The van der Waals surface area contributed by atoms with Gasteiger partial charge in [-0.05, 0) is 31.9 Å². The number of nitrogens with zero attached hydrogens (tertiary/aromatic N) is 3. The number of aromatic nitrogens is 3. The van der Waals surface area contributed by atoms with E-state index in [-0.39, 0.29) is 5.78 Å². The number of aryl methyl sites for hydroxylation is 1. The van der Waals surface area contributed by atoms with Gasteiger partial charge in [0, 0.05) is 16.1 Å². The highest BCUT2D eigenvalue weighted by Gasteiger charge is 2.28. The number of benzene rings is 1. The van der Waals surface area contributed by atoms with Crippen molar-refractivity contribution in [1.29, 1.82) is 0 Å². The van der Waals surface area contributed by atoms with Gasteiger partial charge in [-0.15, -0.1) is 10.2 Å². The van der Waals surface area contributed by atoms with E-state index >= 15 is 0 Å². The molecule has 1 aliphatic carbocycles. The van der Waals surface area contributed by atoms with Crippen LogP contribution in [0.15, 0.2) is 33.9 Å². The molecule has 1 saturated carbocycles. The zero-order chi connectivity index (χ0) is 14.1. The Morgan fingerprint density at radius 1 is 1.45 bits per heavy atom. The quantitative estimate of drug-likeness (QED) is 0.609. The molecule has 0 spiro atoms. The zero-order valence-electron chi connectivity index (χ0n) is 11.0. The third-order valence-corrected chi connectivity index (χ3v) is 4.66. The van der Waals surface area contributed by atoms with Crippen LogP contribution < -0.4 is 0 Å². The Morgan fingerprint density at radius 2 is 2.25 bits per heavy atom. The van der Waals surface area contributed by atoms with Crippen LogP contribution in [0, 0.1) is 6.92 Å². The van der Waals surface area contributed by atoms with E-state index in [9.17, 15) is 4.79 Å². The minimum absolute atomic E-state index is 0.110. The first-order chi connectivity index (χ1) is 9.65. The Hall–Kier alpha value is -1.14. The lowest BCUT2D eigenvalue weighted by Gasteiger charge is -2.06. The number of carbonyl (C=O) groups excluding carboxylic acids is 1. The first kappa shape index (κ1) is 13.8. The van der Waals surface area contributed by atoms with E-state index in [0.717, 1.165) is 21.0 Å². The standard InChI is InChI=1S/C14H14BrN3OS/c1-9-16-17-14(18(9)12-5-6-12)20-8-13(19)10-3-2-4-11(15)7-10/h2-4,7,12H,5-6,8H2,1H3. The van der Waals surface area contributed by atoms with Crippen LogP contribution in [0.3, 0.4) is 0 Å². The molecular formula is C14H14BrN3OS. The van der Waals surface area contributed by atoms with Crippen molar-refractivity contribution < 1.29 is 4.79 Å². The minimum Gasteiger partial charge on any atom is -0.303 e. The Balaban J connectivity index is 1.69. The number of Topliss-reactive ketones (excluding diaryl/α,β-unsaturated/α-hetero) is 1. The normalized spacial score (nSPS) is 14.5. The predicted octanol–water partition coefficient (Wildman–Crippen LogP) is 3.66. The first-order valence-electron chi connectivity index (χ1n) is 6.48. The molecule has 2 aromatic rings. The van der Waals surface area contributed by atoms with Crippen molar-refractivity contribution in [2.75, 3.05) is 5.75 Å². The fourth-order valence-electron chi connectivity index (χ4n) is 2.08. The molecule has 0 unspecified atom stereocenters. The van der Waals surface area contributed by atoms with Gasteiger partial charge < -0.3 is 4.57 Å². The summed E-state index contributed by atoms with van der Waals surface area (Å²) >= 11 is 4.85. The van der Waals surface area contributed by atoms with Gasteiger partial charge in [0.15, 0.2) is 10.9 Å². The number of ketones is 1. The zero-order valence-corrected chi connectivity index (χ0v) is 13.4. The molecule has 0 atom stereocenters. The van der Waals surface area contributed by atoms with Crippen LogP contribution in [0.2, 0.25) is 0 Å². The molecule has 3 rings (SSSR count). The Bertz CT molecular complexity index is 652. The molecule has 0 saturated heterocycles. The molecule has 0 aliphatic heterocycles. The maximum Gasteiger partial charge on any atom is 0.191 e. The van der Waals surface area contributed by atoms with E-state index in [1.165, 1.54) is 24.6 Å². The number of thioether (sulfide) groups is 1. The molecule has 1 heterocycles. The van der Waals surface area contributed by atoms with E-state index in [4.69, 9.17) is 0 Å². The average molecular weight is 352 g/mol. The molecule has 4 nitrogen and oxygen atoms in total. The van der Waals surface area contributed by atoms with Gasteiger partial charge in [-0.3, -0.25) is 4.79 Å². The van der Waals surface area contributed by atoms with Gasteiger partial charge in [0.1, 0.15) is 5.82 Å². The molecule has 1 aromatic heterocycles. The number of halogens is 1. The van der Waals surface area contributed by atoms with Crippen molar-refractivity contribution in [1.82, 2.24) is 14.8 Å². The van der Waals surface area contributed by atoms with Gasteiger partial charge in [0.2, 0.25) is 0 Å². The fourth-order valence-corrected chi connectivity index (χ4v) is 3.42. The molecule has 1 aromatic carbocycles. The highest BCUT2D eigenvalue weighted by molar-refractivity contribution is 9.10. The molecule has 0 amide bonds. The van der Waals surface area contributed by atoms with Gasteiger partial charge in [-0.25, -0.2) is 0 Å². The maximum absolute atomic E-state index is 12.2. The Kier molecular flexibility index (Phi) is 3.94. The van der Waals surface area contributed by atoms with E-state index in [0.29, 0.717) is 11.8 Å². The van der Waals surface area contributed by atoms with Crippen molar-refractivity contribution in [2.24, 2.45) is 0 Å². The molecule has 20 heavy (non-hydrogen) atoms. The van der Waals surface area contributed by atoms with Crippen molar-refractivity contribution in [3.8, 4) is 0 Å². The molecule has 1 aliphatic rings. The Morgan fingerprint density at radius 3 is 2.95 bits per heavy atom. The van der Waals surface area contributed by atoms with Crippen LogP contribution in [-0.2, 0) is 0 Å². The van der Waals surface area contributed by atoms with Crippen LogP contribution in [-0.4, -0.2) is 26.3 Å². The van der Waals surface area contributed by atoms with Crippen LogP contribution in [0.1, 0.15) is 35.1 Å². The number of carbonyl (C=O) groups is 1. The number of rotatable bonds is 5. The lowest BCUT2D eigenvalue weighted by Crippen LogP contribution is -2.05. The lowest BCUT2D eigenvalue weighted by molar-refractivity contribution is 0.102. The Labute approximate surface area is 130 Å². The number of hydrogen-bond acceptors (Lipinski definition) is 4. The SMILES string of the molecule is Cc1nnc(SCC(=O)c2cccc(Br)c2)n1C1CC1. The second-order valence-corrected chi connectivity index (χ2v) is 6.71. The van der Waals surface area contributed by atoms with Crippen LogP contribution in [0.5, 0.6) is 0 Å². The van der Waals surface area contributed by atoms with Crippen molar-refractivity contribution in [2.45, 2.75) is 31.0 Å².